The van der Waals surface area contributed by atoms with Crippen molar-refractivity contribution in [3.8, 4) is 5.75 Å². The third-order valence-corrected chi connectivity index (χ3v) is 2.34. The molecule has 0 radical (unpaired) electrons. The van der Waals surface area contributed by atoms with Gasteiger partial charge in [0.1, 0.15) is 12.2 Å². The number of esters is 1. The molecule has 1 aromatic rings. The Morgan fingerprint density at radius 1 is 1.29 bits per heavy atom. The second-order valence-corrected chi connectivity index (χ2v) is 3.41. The summed E-state index contributed by atoms with van der Waals surface area (Å²) in [5, 5.41) is 0. The van der Waals surface area contributed by atoms with Crippen molar-refractivity contribution in [3.05, 3.63) is 24.3 Å². The quantitative estimate of drug-likeness (QED) is 0.583. The number of hydrogen-bond donors (Lipinski definition) is 0. The Kier molecular flexibility index (Phi) is 4.51. The summed E-state index contributed by atoms with van der Waals surface area (Å²) in [6.07, 6.45) is -0.274. The second kappa shape index (κ2) is 5.89. The number of anilines is 1. The zero-order chi connectivity index (χ0) is 12.8. The van der Waals surface area contributed by atoms with Gasteiger partial charge >= 0.3 is 5.97 Å². The maximum absolute atomic E-state index is 11.7. The van der Waals surface area contributed by atoms with E-state index in [2.05, 4.69) is 4.74 Å². The van der Waals surface area contributed by atoms with E-state index >= 15 is 0 Å². The molecule has 0 atom stereocenters. The lowest BCUT2D eigenvalue weighted by molar-refractivity contribution is -0.143. The molecule has 17 heavy (non-hydrogen) atoms. The van der Waals surface area contributed by atoms with Gasteiger partial charge in [-0.1, -0.05) is 6.07 Å². The molecule has 0 unspecified atom stereocenters. The smallest absolute Gasteiger partial charge is 0.315 e. The van der Waals surface area contributed by atoms with Gasteiger partial charge in [-0.3, -0.25) is 9.59 Å². The van der Waals surface area contributed by atoms with Gasteiger partial charge in [0.2, 0.25) is 5.91 Å². The lowest BCUT2D eigenvalue weighted by atomic mass is 10.2. The lowest BCUT2D eigenvalue weighted by Crippen LogP contribution is -2.28. The molecule has 0 heterocycles. The Morgan fingerprint density at radius 2 is 2.00 bits per heavy atom. The largest absolute Gasteiger partial charge is 0.497 e. The van der Waals surface area contributed by atoms with Gasteiger partial charge < -0.3 is 14.4 Å². The van der Waals surface area contributed by atoms with Crippen molar-refractivity contribution >= 4 is 17.6 Å². The first-order valence-corrected chi connectivity index (χ1v) is 5.06. The van der Waals surface area contributed by atoms with E-state index in [1.54, 1.807) is 38.4 Å². The van der Waals surface area contributed by atoms with Gasteiger partial charge in [-0.25, -0.2) is 0 Å². The first-order chi connectivity index (χ1) is 8.08. The van der Waals surface area contributed by atoms with Crippen LogP contribution in [0.4, 0.5) is 5.69 Å². The van der Waals surface area contributed by atoms with Gasteiger partial charge in [0.25, 0.3) is 0 Å². The molecule has 0 saturated carbocycles. The summed E-state index contributed by atoms with van der Waals surface area (Å²) in [6.45, 7) is 0. The maximum atomic E-state index is 11.7. The van der Waals surface area contributed by atoms with Crippen molar-refractivity contribution in [2.75, 3.05) is 26.2 Å². The molecule has 0 fully saturated rings. The van der Waals surface area contributed by atoms with Gasteiger partial charge in [0.15, 0.2) is 0 Å². The normalized spacial score (nSPS) is 9.59. The Labute approximate surface area is 99.9 Å². The predicted octanol–water partition coefficient (Wildman–Crippen LogP) is 1.22. The van der Waals surface area contributed by atoms with Gasteiger partial charge in [-0.05, 0) is 12.1 Å². The Morgan fingerprint density at radius 3 is 2.59 bits per heavy atom. The average Bonchev–Trinajstić information content (AvgIpc) is 2.37. The zero-order valence-corrected chi connectivity index (χ0v) is 10.1. The summed E-state index contributed by atoms with van der Waals surface area (Å²) in [5.41, 5.74) is 0.665. The molecule has 0 spiro atoms. The van der Waals surface area contributed by atoms with E-state index in [9.17, 15) is 9.59 Å². The number of benzene rings is 1. The molecular weight excluding hydrogens is 222 g/mol. The van der Waals surface area contributed by atoms with E-state index in [1.165, 1.54) is 12.0 Å². The minimum atomic E-state index is -0.551. The van der Waals surface area contributed by atoms with Crippen LogP contribution in [0.1, 0.15) is 6.42 Å². The van der Waals surface area contributed by atoms with E-state index in [0.29, 0.717) is 11.4 Å². The molecule has 1 aromatic carbocycles. The highest BCUT2D eigenvalue weighted by Gasteiger charge is 2.15. The molecule has 0 aliphatic rings. The van der Waals surface area contributed by atoms with E-state index in [-0.39, 0.29) is 12.3 Å². The average molecular weight is 237 g/mol. The van der Waals surface area contributed by atoms with Crippen LogP contribution in [0.2, 0.25) is 0 Å². The summed E-state index contributed by atoms with van der Waals surface area (Å²) in [4.78, 5) is 24.1. The molecule has 5 nitrogen and oxygen atoms in total. The predicted molar refractivity (Wildman–Crippen MR) is 63.0 cm³/mol. The number of carbonyl (C=O) groups is 2. The van der Waals surface area contributed by atoms with Crippen LogP contribution >= 0.6 is 0 Å². The minimum Gasteiger partial charge on any atom is -0.497 e. The van der Waals surface area contributed by atoms with Gasteiger partial charge in [0.05, 0.1) is 14.2 Å². The molecule has 0 aliphatic carbocycles. The third kappa shape index (κ3) is 3.48. The molecule has 0 bridgehead atoms. The zero-order valence-electron chi connectivity index (χ0n) is 10.1. The molecule has 1 rings (SSSR count). The number of nitrogens with zero attached hydrogens (tertiary/aromatic N) is 1. The molecule has 0 aliphatic heterocycles. The fourth-order valence-electron chi connectivity index (χ4n) is 1.28. The number of amides is 1. The number of carbonyl (C=O) groups excluding carboxylic acids is 2. The van der Waals surface area contributed by atoms with Crippen LogP contribution in [-0.2, 0) is 14.3 Å². The number of rotatable bonds is 4. The van der Waals surface area contributed by atoms with E-state index in [4.69, 9.17) is 4.74 Å². The van der Waals surface area contributed by atoms with Crippen LogP contribution in [0.5, 0.6) is 5.75 Å². The molecule has 1 amide bonds. The van der Waals surface area contributed by atoms with Crippen molar-refractivity contribution < 1.29 is 19.1 Å². The molecule has 0 N–H and O–H groups in total. The Balaban J connectivity index is 2.77. The molecule has 5 heteroatoms. The number of ether oxygens (including phenoxy) is 2. The fourth-order valence-corrected chi connectivity index (χ4v) is 1.28. The van der Waals surface area contributed by atoms with Crippen LogP contribution in [0, 0.1) is 0 Å². The van der Waals surface area contributed by atoms with Crippen LogP contribution in [0.25, 0.3) is 0 Å². The summed E-state index contributed by atoms with van der Waals surface area (Å²) in [5.74, 6) is -0.227. The van der Waals surface area contributed by atoms with Crippen molar-refractivity contribution in [2.45, 2.75) is 6.42 Å². The maximum Gasteiger partial charge on any atom is 0.315 e. The third-order valence-electron chi connectivity index (χ3n) is 2.34. The standard InChI is InChI=1S/C12H15NO4/c1-13(11(14)8-12(15)17-3)9-5-4-6-10(7-9)16-2/h4-7H,8H2,1-3H3. The fraction of sp³-hybridized carbons (Fsp3) is 0.333. The monoisotopic (exact) mass is 237 g/mol. The van der Waals surface area contributed by atoms with Gasteiger partial charge in [0, 0.05) is 18.8 Å². The molecular formula is C12H15NO4. The first kappa shape index (κ1) is 13.0. The van der Waals surface area contributed by atoms with Crippen LogP contribution in [0.15, 0.2) is 24.3 Å². The molecule has 0 aromatic heterocycles. The molecule has 92 valence electrons. The van der Waals surface area contributed by atoms with Crippen molar-refractivity contribution in [2.24, 2.45) is 0 Å². The van der Waals surface area contributed by atoms with Gasteiger partial charge in [-0.2, -0.15) is 0 Å². The van der Waals surface area contributed by atoms with Crippen molar-refractivity contribution in [3.63, 3.8) is 0 Å². The summed E-state index contributed by atoms with van der Waals surface area (Å²) < 4.78 is 9.50. The van der Waals surface area contributed by atoms with Gasteiger partial charge in [-0.15, -0.1) is 0 Å². The second-order valence-electron chi connectivity index (χ2n) is 3.41. The van der Waals surface area contributed by atoms with E-state index in [1.807, 2.05) is 0 Å². The first-order valence-electron chi connectivity index (χ1n) is 5.06. The Bertz CT molecular complexity index is 417. The lowest BCUT2D eigenvalue weighted by Gasteiger charge is -2.17. The summed E-state index contributed by atoms with van der Waals surface area (Å²) >= 11 is 0. The van der Waals surface area contributed by atoms with E-state index < -0.39 is 5.97 Å². The summed E-state index contributed by atoms with van der Waals surface area (Å²) in [7, 11) is 4.40. The van der Waals surface area contributed by atoms with Crippen molar-refractivity contribution in [1.29, 1.82) is 0 Å². The minimum absolute atomic E-state index is 0.274. The highest BCUT2D eigenvalue weighted by atomic mass is 16.5. The van der Waals surface area contributed by atoms with Crippen LogP contribution in [0.3, 0.4) is 0 Å². The Hall–Kier alpha value is -2.04. The topological polar surface area (TPSA) is 55.8 Å². The summed E-state index contributed by atoms with van der Waals surface area (Å²) in [6, 6.07) is 7.03. The van der Waals surface area contributed by atoms with E-state index in [0.717, 1.165) is 0 Å². The number of hydrogen-bond acceptors (Lipinski definition) is 4. The highest BCUT2D eigenvalue weighted by molar-refractivity contribution is 6.03. The van der Waals surface area contributed by atoms with Crippen molar-refractivity contribution in [1.82, 2.24) is 0 Å². The van der Waals surface area contributed by atoms with Crippen LogP contribution < -0.4 is 9.64 Å². The van der Waals surface area contributed by atoms with Crippen LogP contribution in [-0.4, -0.2) is 33.1 Å². The number of methoxy groups -OCH3 is 2. The highest BCUT2D eigenvalue weighted by Crippen LogP contribution is 2.20. The SMILES string of the molecule is COC(=O)CC(=O)N(C)c1cccc(OC)c1. The molecule has 0 saturated heterocycles.